The number of Topliss-reactive ketones (excluding diaryl/α,β-unsaturated/α-hetero) is 1. The van der Waals surface area contributed by atoms with Crippen LogP contribution in [-0.2, 0) is 6.54 Å². The van der Waals surface area contributed by atoms with Crippen molar-refractivity contribution in [2.75, 3.05) is 0 Å². The first-order chi connectivity index (χ1) is 13.7. The van der Waals surface area contributed by atoms with Gasteiger partial charge in [-0.1, -0.05) is 25.8 Å². The van der Waals surface area contributed by atoms with E-state index in [2.05, 4.69) is 0 Å². The highest BCUT2D eigenvalue weighted by Gasteiger charge is 2.28. The van der Waals surface area contributed by atoms with Crippen LogP contribution in [-0.4, -0.2) is 21.6 Å². The molecule has 1 unspecified atom stereocenters. The van der Waals surface area contributed by atoms with Crippen LogP contribution in [0.3, 0.4) is 0 Å². The van der Waals surface area contributed by atoms with Crippen molar-refractivity contribution in [3.05, 3.63) is 56.4 Å². The third-order valence-electron chi connectivity index (χ3n) is 4.91. The van der Waals surface area contributed by atoms with Crippen LogP contribution < -0.4 is 10.3 Å². The van der Waals surface area contributed by atoms with Crippen LogP contribution in [0.25, 0.3) is 0 Å². The summed E-state index contributed by atoms with van der Waals surface area (Å²) in [6, 6.07) is 7.54. The van der Waals surface area contributed by atoms with Gasteiger partial charge >= 0.3 is 0 Å². The summed E-state index contributed by atoms with van der Waals surface area (Å²) in [6.45, 7) is 9.26. The molecule has 0 fully saturated rings. The van der Waals surface area contributed by atoms with Crippen molar-refractivity contribution in [3.8, 4) is 17.7 Å². The van der Waals surface area contributed by atoms with Crippen molar-refractivity contribution in [1.29, 1.82) is 5.26 Å². The molecule has 6 nitrogen and oxygen atoms in total. The molecule has 154 valence electrons. The van der Waals surface area contributed by atoms with Gasteiger partial charge in [0.25, 0.3) is 5.56 Å². The number of carbonyl (C=O) groups excluding carboxylic acids is 1. The third kappa shape index (κ3) is 4.86. The fraction of sp³-hybridized carbons (Fsp3) is 0.435. The zero-order valence-electron chi connectivity index (χ0n) is 17.7. The van der Waals surface area contributed by atoms with Gasteiger partial charge in [0.15, 0.2) is 6.10 Å². The monoisotopic (exact) mass is 396 g/mol. The Balaban J connectivity index is 2.46. The molecule has 2 aromatic rings. The largest absolute Gasteiger partial charge is 0.494 e. The summed E-state index contributed by atoms with van der Waals surface area (Å²) in [5.74, 6) is -0.319. The van der Waals surface area contributed by atoms with Gasteiger partial charge in [-0.05, 0) is 62.9 Å². The second-order valence-corrected chi connectivity index (χ2v) is 7.42. The highest BCUT2D eigenvalue weighted by molar-refractivity contribution is 6.03. The molecule has 0 bridgehead atoms. The van der Waals surface area contributed by atoms with Crippen LogP contribution in [0, 0.1) is 32.1 Å². The van der Waals surface area contributed by atoms with Crippen LogP contribution in [0.15, 0.2) is 23.0 Å². The number of ketones is 1. The number of aromatic nitrogens is 1. The lowest BCUT2D eigenvalue weighted by Crippen LogP contribution is -2.31. The Labute approximate surface area is 171 Å². The number of nitrogens with zero attached hydrogens (tertiary/aromatic N) is 2. The van der Waals surface area contributed by atoms with Crippen molar-refractivity contribution in [3.63, 3.8) is 0 Å². The van der Waals surface area contributed by atoms with Gasteiger partial charge in [0.05, 0.1) is 5.56 Å². The number of aryl methyl sites for hydroxylation is 2. The number of ether oxygens (including phenoxy) is 1. The van der Waals surface area contributed by atoms with Gasteiger partial charge in [0, 0.05) is 6.54 Å². The van der Waals surface area contributed by atoms with E-state index in [1.54, 1.807) is 6.92 Å². The molecular weight excluding hydrogens is 368 g/mol. The molecule has 1 aromatic carbocycles. The number of pyridine rings is 1. The first-order valence-corrected chi connectivity index (χ1v) is 9.86. The number of benzene rings is 1. The zero-order chi connectivity index (χ0) is 21.7. The SMILES string of the molecule is CCCCCn1c(O)c(C(=O)C(C)Oc2cc(C)cc(C)c2)c(C)c(C#N)c1=O. The van der Waals surface area contributed by atoms with E-state index in [-0.39, 0.29) is 23.2 Å². The van der Waals surface area contributed by atoms with E-state index < -0.39 is 23.3 Å². The number of aromatic hydroxyl groups is 1. The third-order valence-corrected chi connectivity index (χ3v) is 4.91. The van der Waals surface area contributed by atoms with E-state index in [0.717, 1.165) is 28.5 Å². The van der Waals surface area contributed by atoms with Crippen LogP contribution in [0.2, 0.25) is 0 Å². The fourth-order valence-electron chi connectivity index (χ4n) is 3.44. The Morgan fingerprint density at radius 2 is 1.83 bits per heavy atom. The van der Waals surface area contributed by atoms with Crippen molar-refractivity contribution >= 4 is 5.78 Å². The van der Waals surface area contributed by atoms with Gasteiger partial charge in [-0.15, -0.1) is 0 Å². The molecule has 6 heteroatoms. The minimum Gasteiger partial charge on any atom is -0.494 e. The second-order valence-electron chi connectivity index (χ2n) is 7.42. The summed E-state index contributed by atoms with van der Waals surface area (Å²) in [6.07, 6.45) is 1.59. The molecule has 0 amide bonds. The summed E-state index contributed by atoms with van der Waals surface area (Å²) in [5.41, 5.74) is 1.47. The van der Waals surface area contributed by atoms with Crippen molar-refractivity contribution in [2.45, 2.75) is 66.5 Å². The molecule has 0 aliphatic heterocycles. The minimum absolute atomic E-state index is 0.0328. The lowest BCUT2D eigenvalue weighted by atomic mass is 9.99. The van der Waals surface area contributed by atoms with E-state index in [1.807, 2.05) is 45.0 Å². The van der Waals surface area contributed by atoms with Crippen LogP contribution in [0.5, 0.6) is 11.6 Å². The summed E-state index contributed by atoms with van der Waals surface area (Å²) in [4.78, 5) is 25.7. The fourth-order valence-corrected chi connectivity index (χ4v) is 3.44. The van der Waals surface area contributed by atoms with Crippen molar-refractivity contribution in [2.24, 2.45) is 0 Å². The lowest BCUT2D eigenvalue weighted by molar-refractivity contribution is 0.0812. The number of nitriles is 1. The van der Waals surface area contributed by atoms with Crippen molar-refractivity contribution < 1.29 is 14.6 Å². The van der Waals surface area contributed by atoms with E-state index in [1.165, 1.54) is 6.92 Å². The summed E-state index contributed by atoms with van der Waals surface area (Å²) >= 11 is 0. The average molecular weight is 396 g/mol. The predicted octanol–water partition coefficient (Wildman–Crippen LogP) is 4.19. The minimum atomic E-state index is -0.895. The molecule has 1 aromatic heterocycles. The standard InChI is InChI=1S/C23H28N2O4/c1-6-7-8-9-25-22(27)19(13-24)16(4)20(23(25)28)21(26)17(5)29-18-11-14(2)10-15(3)12-18/h10-12,17,28H,6-9H2,1-5H3. The molecule has 1 atom stereocenters. The number of unbranched alkanes of at least 4 members (excludes halogenated alkanes) is 2. The van der Waals surface area contributed by atoms with Gasteiger partial charge in [-0.2, -0.15) is 5.26 Å². The van der Waals surface area contributed by atoms with E-state index >= 15 is 0 Å². The van der Waals surface area contributed by atoms with E-state index in [0.29, 0.717) is 12.2 Å². The topological polar surface area (TPSA) is 92.3 Å². The van der Waals surface area contributed by atoms with Crippen LogP contribution in [0.4, 0.5) is 0 Å². The molecule has 0 radical (unpaired) electrons. The molecule has 29 heavy (non-hydrogen) atoms. The number of hydrogen-bond donors (Lipinski definition) is 1. The van der Waals surface area contributed by atoms with Crippen LogP contribution >= 0.6 is 0 Å². The first kappa shape index (κ1) is 22.2. The maximum Gasteiger partial charge on any atom is 0.271 e. The first-order valence-electron chi connectivity index (χ1n) is 9.86. The quantitative estimate of drug-likeness (QED) is 0.533. The Bertz CT molecular complexity index is 995. The van der Waals surface area contributed by atoms with Gasteiger partial charge in [-0.3, -0.25) is 14.2 Å². The van der Waals surface area contributed by atoms with Gasteiger partial charge in [0.2, 0.25) is 11.7 Å². The Morgan fingerprint density at radius 3 is 2.38 bits per heavy atom. The van der Waals surface area contributed by atoms with E-state index in [4.69, 9.17) is 4.74 Å². The summed E-state index contributed by atoms with van der Waals surface area (Å²) < 4.78 is 6.94. The number of hydrogen-bond acceptors (Lipinski definition) is 5. The molecule has 2 rings (SSSR count). The molecule has 0 aliphatic rings. The Hall–Kier alpha value is -3.07. The van der Waals surface area contributed by atoms with E-state index in [9.17, 15) is 20.0 Å². The average Bonchev–Trinajstić information content (AvgIpc) is 2.64. The smallest absolute Gasteiger partial charge is 0.271 e. The lowest BCUT2D eigenvalue weighted by Gasteiger charge is -2.19. The maximum absolute atomic E-state index is 13.1. The summed E-state index contributed by atoms with van der Waals surface area (Å²) in [5, 5.41) is 20.2. The molecule has 1 heterocycles. The molecule has 0 aliphatic carbocycles. The Kier molecular flexibility index (Phi) is 7.22. The van der Waals surface area contributed by atoms with Gasteiger partial charge in [0.1, 0.15) is 17.4 Å². The summed E-state index contributed by atoms with van der Waals surface area (Å²) in [7, 11) is 0. The molecule has 0 spiro atoms. The predicted molar refractivity (Wildman–Crippen MR) is 112 cm³/mol. The Morgan fingerprint density at radius 1 is 1.21 bits per heavy atom. The van der Waals surface area contributed by atoms with Gasteiger partial charge in [-0.25, -0.2) is 0 Å². The van der Waals surface area contributed by atoms with Crippen molar-refractivity contribution in [1.82, 2.24) is 4.57 Å². The number of rotatable bonds is 8. The van der Waals surface area contributed by atoms with Gasteiger partial charge < -0.3 is 9.84 Å². The normalized spacial score (nSPS) is 11.7. The molecule has 1 N–H and O–H groups in total. The number of carbonyl (C=O) groups is 1. The second kappa shape index (κ2) is 9.42. The zero-order valence-corrected chi connectivity index (χ0v) is 17.7. The van der Waals surface area contributed by atoms with Crippen LogP contribution in [0.1, 0.15) is 65.7 Å². The molecule has 0 saturated heterocycles. The molecular formula is C23H28N2O4. The molecule has 0 saturated carbocycles. The highest BCUT2D eigenvalue weighted by atomic mass is 16.5. The highest BCUT2D eigenvalue weighted by Crippen LogP contribution is 2.26. The maximum atomic E-state index is 13.1.